The summed E-state index contributed by atoms with van der Waals surface area (Å²) < 4.78 is 9.37. The SMILES string of the molecule is Cc1cn(-c2nc(Cl)cn2CC2CCOCC2)cc(C)c1=O. The van der Waals surface area contributed by atoms with Gasteiger partial charge in [0.25, 0.3) is 0 Å². The topological polar surface area (TPSA) is 49.0 Å². The summed E-state index contributed by atoms with van der Waals surface area (Å²) in [6.45, 7) is 6.14. The highest BCUT2D eigenvalue weighted by molar-refractivity contribution is 6.29. The molecule has 3 rings (SSSR count). The van der Waals surface area contributed by atoms with Crippen LogP contribution < -0.4 is 5.43 Å². The number of ether oxygens (including phenoxy) is 1. The predicted molar refractivity (Wildman–Crippen MR) is 85.9 cm³/mol. The molecule has 22 heavy (non-hydrogen) atoms. The molecule has 0 spiro atoms. The molecular formula is C16H20ClN3O2. The molecule has 0 unspecified atom stereocenters. The van der Waals surface area contributed by atoms with Crippen molar-refractivity contribution in [1.82, 2.24) is 14.1 Å². The number of aromatic nitrogens is 3. The quantitative estimate of drug-likeness (QED) is 0.873. The lowest BCUT2D eigenvalue weighted by atomic mass is 10.0. The number of imidazole rings is 1. The van der Waals surface area contributed by atoms with E-state index in [1.54, 1.807) is 0 Å². The zero-order chi connectivity index (χ0) is 15.7. The Hall–Kier alpha value is -1.59. The molecule has 0 amide bonds. The summed E-state index contributed by atoms with van der Waals surface area (Å²) in [5.41, 5.74) is 1.48. The van der Waals surface area contributed by atoms with Crippen LogP contribution >= 0.6 is 11.6 Å². The Morgan fingerprint density at radius 2 is 1.86 bits per heavy atom. The highest BCUT2D eigenvalue weighted by atomic mass is 35.5. The molecule has 118 valence electrons. The fourth-order valence-corrected chi connectivity index (χ4v) is 3.11. The molecule has 0 aliphatic carbocycles. The summed E-state index contributed by atoms with van der Waals surface area (Å²) in [6.07, 6.45) is 7.59. The summed E-state index contributed by atoms with van der Waals surface area (Å²) in [6, 6.07) is 0. The number of nitrogens with zero attached hydrogens (tertiary/aromatic N) is 3. The first-order valence-corrected chi connectivity index (χ1v) is 7.92. The molecule has 6 heteroatoms. The fraction of sp³-hybridized carbons (Fsp3) is 0.500. The Kier molecular flexibility index (Phi) is 4.36. The minimum Gasteiger partial charge on any atom is -0.381 e. The van der Waals surface area contributed by atoms with E-state index in [1.165, 1.54) is 0 Å². The Balaban J connectivity index is 1.95. The van der Waals surface area contributed by atoms with Gasteiger partial charge in [0.2, 0.25) is 5.95 Å². The van der Waals surface area contributed by atoms with Crippen molar-refractivity contribution in [3.8, 4) is 5.95 Å². The van der Waals surface area contributed by atoms with E-state index in [1.807, 2.05) is 37.0 Å². The van der Waals surface area contributed by atoms with Crippen LogP contribution in [0, 0.1) is 19.8 Å². The lowest BCUT2D eigenvalue weighted by Crippen LogP contribution is -2.22. The standard InChI is InChI=1S/C16H20ClN3O2/c1-11-7-19(8-12(2)15(11)21)16-18-14(17)10-20(16)9-13-3-5-22-6-4-13/h7-8,10,13H,3-6,9H2,1-2H3. The van der Waals surface area contributed by atoms with Crippen molar-refractivity contribution >= 4 is 11.6 Å². The number of hydrogen-bond acceptors (Lipinski definition) is 3. The number of hydrogen-bond donors (Lipinski definition) is 0. The molecule has 3 heterocycles. The van der Waals surface area contributed by atoms with Gasteiger partial charge in [0.15, 0.2) is 5.43 Å². The predicted octanol–water partition coefficient (Wildman–Crippen LogP) is 2.73. The molecule has 1 aliphatic rings. The summed E-state index contributed by atoms with van der Waals surface area (Å²) in [7, 11) is 0. The van der Waals surface area contributed by atoms with Gasteiger partial charge in [-0.15, -0.1) is 0 Å². The van der Waals surface area contributed by atoms with E-state index in [9.17, 15) is 4.79 Å². The van der Waals surface area contributed by atoms with Crippen molar-refractivity contribution in [3.63, 3.8) is 0 Å². The van der Waals surface area contributed by atoms with Gasteiger partial charge in [-0.2, -0.15) is 0 Å². The second kappa shape index (κ2) is 6.26. The van der Waals surface area contributed by atoms with E-state index < -0.39 is 0 Å². The number of rotatable bonds is 3. The van der Waals surface area contributed by atoms with Crippen LogP contribution in [0.1, 0.15) is 24.0 Å². The molecule has 0 saturated carbocycles. The molecule has 1 saturated heterocycles. The van der Waals surface area contributed by atoms with E-state index in [0.717, 1.165) is 38.5 Å². The van der Waals surface area contributed by atoms with Crippen LogP contribution in [0.5, 0.6) is 0 Å². The van der Waals surface area contributed by atoms with Crippen molar-refractivity contribution in [2.75, 3.05) is 13.2 Å². The van der Waals surface area contributed by atoms with Gasteiger partial charge in [0.1, 0.15) is 5.15 Å². The maximum atomic E-state index is 11.9. The Morgan fingerprint density at radius 1 is 1.23 bits per heavy atom. The van der Waals surface area contributed by atoms with Crippen molar-refractivity contribution < 1.29 is 4.74 Å². The number of aryl methyl sites for hydroxylation is 2. The van der Waals surface area contributed by atoms with Gasteiger partial charge in [0, 0.05) is 49.5 Å². The zero-order valence-electron chi connectivity index (χ0n) is 12.9. The second-order valence-electron chi connectivity index (χ2n) is 5.93. The van der Waals surface area contributed by atoms with Gasteiger partial charge in [-0.05, 0) is 32.6 Å². The third-order valence-electron chi connectivity index (χ3n) is 4.13. The van der Waals surface area contributed by atoms with Gasteiger partial charge in [0.05, 0.1) is 0 Å². The molecule has 2 aromatic heterocycles. The average Bonchev–Trinajstić information content (AvgIpc) is 2.86. The molecule has 1 fully saturated rings. The van der Waals surface area contributed by atoms with Crippen LogP contribution in [0.4, 0.5) is 0 Å². The average molecular weight is 322 g/mol. The van der Waals surface area contributed by atoms with E-state index in [0.29, 0.717) is 22.2 Å². The monoisotopic (exact) mass is 321 g/mol. The van der Waals surface area contributed by atoms with Gasteiger partial charge in [-0.3, -0.25) is 9.36 Å². The Morgan fingerprint density at radius 3 is 2.50 bits per heavy atom. The van der Waals surface area contributed by atoms with E-state index >= 15 is 0 Å². The van der Waals surface area contributed by atoms with E-state index in [4.69, 9.17) is 16.3 Å². The van der Waals surface area contributed by atoms with Crippen LogP contribution in [0.3, 0.4) is 0 Å². The zero-order valence-corrected chi connectivity index (χ0v) is 13.6. The van der Waals surface area contributed by atoms with Crippen molar-refractivity contribution in [1.29, 1.82) is 0 Å². The molecule has 2 aromatic rings. The molecule has 0 radical (unpaired) electrons. The lowest BCUT2D eigenvalue weighted by Gasteiger charge is -2.23. The first-order chi connectivity index (χ1) is 10.5. The molecule has 0 aromatic carbocycles. The third kappa shape index (κ3) is 3.10. The highest BCUT2D eigenvalue weighted by Crippen LogP contribution is 2.21. The molecular weight excluding hydrogens is 302 g/mol. The smallest absolute Gasteiger partial charge is 0.215 e. The first-order valence-electron chi connectivity index (χ1n) is 7.55. The lowest BCUT2D eigenvalue weighted by molar-refractivity contribution is 0.0612. The van der Waals surface area contributed by atoms with Gasteiger partial charge < -0.3 is 9.30 Å². The third-order valence-corrected chi connectivity index (χ3v) is 4.32. The Labute approximate surface area is 134 Å². The van der Waals surface area contributed by atoms with Crippen LogP contribution in [0.2, 0.25) is 5.15 Å². The van der Waals surface area contributed by atoms with Crippen molar-refractivity contribution in [3.05, 3.63) is 45.1 Å². The first kappa shape index (κ1) is 15.3. The summed E-state index contributed by atoms with van der Waals surface area (Å²) >= 11 is 6.11. The van der Waals surface area contributed by atoms with Crippen LogP contribution in [-0.2, 0) is 11.3 Å². The van der Waals surface area contributed by atoms with Crippen molar-refractivity contribution in [2.24, 2.45) is 5.92 Å². The molecule has 0 atom stereocenters. The van der Waals surface area contributed by atoms with Gasteiger partial charge >= 0.3 is 0 Å². The second-order valence-corrected chi connectivity index (χ2v) is 6.32. The number of halogens is 1. The number of pyridine rings is 1. The summed E-state index contributed by atoms with van der Waals surface area (Å²) in [4.78, 5) is 16.3. The molecule has 1 aliphatic heterocycles. The molecule has 0 N–H and O–H groups in total. The maximum Gasteiger partial charge on any atom is 0.215 e. The van der Waals surface area contributed by atoms with Gasteiger partial charge in [-0.1, -0.05) is 11.6 Å². The molecule has 5 nitrogen and oxygen atoms in total. The largest absolute Gasteiger partial charge is 0.381 e. The van der Waals surface area contributed by atoms with Crippen LogP contribution in [0.15, 0.2) is 23.4 Å². The van der Waals surface area contributed by atoms with Crippen molar-refractivity contribution in [2.45, 2.75) is 33.2 Å². The normalized spacial score (nSPS) is 16.1. The fourth-order valence-electron chi connectivity index (χ4n) is 2.92. The van der Waals surface area contributed by atoms with Crippen LogP contribution in [-0.4, -0.2) is 27.3 Å². The highest BCUT2D eigenvalue weighted by Gasteiger charge is 2.17. The summed E-state index contributed by atoms with van der Waals surface area (Å²) in [5.74, 6) is 1.32. The minimum atomic E-state index is 0.0740. The van der Waals surface area contributed by atoms with E-state index in [-0.39, 0.29) is 5.43 Å². The van der Waals surface area contributed by atoms with Crippen LogP contribution in [0.25, 0.3) is 5.95 Å². The summed E-state index contributed by atoms with van der Waals surface area (Å²) in [5, 5.41) is 0.469. The maximum absolute atomic E-state index is 11.9. The van der Waals surface area contributed by atoms with E-state index in [2.05, 4.69) is 9.55 Å². The molecule has 0 bridgehead atoms. The Bertz CT molecular complexity index is 703. The minimum absolute atomic E-state index is 0.0740. The van der Waals surface area contributed by atoms with Gasteiger partial charge in [-0.25, -0.2) is 4.98 Å².